The summed E-state index contributed by atoms with van der Waals surface area (Å²) in [5, 5.41) is 0. The molecule has 2 nitrogen and oxygen atoms in total. The van der Waals surface area contributed by atoms with Gasteiger partial charge in [-0.1, -0.05) is 6.42 Å². The molecule has 0 aromatic carbocycles. The molecule has 1 aromatic rings. The Morgan fingerprint density at radius 2 is 2.06 bits per heavy atom. The van der Waals surface area contributed by atoms with Crippen molar-refractivity contribution in [1.82, 2.24) is 4.98 Å². The van der Waals surface area contributed by atoms with Gasteiger partial charge in [0.1, 0.15) is 5.82 Å². The zero-order valence-corrected chi connectivity index (χ0v) is 9.67. The summed E-state index contributed by atoms with van der Waals surface area (Å²) in [5.41, 5.74) is 5.24. The van der Waals surface area contributed by atoms with Gasteiger partial charge in [-0.2, -0.15) is 13.2 Å². The van der Waals surface area contributed by atoms with Crippen molar-refractivity contribution in [3.05, 3.63) is 29.8 Å². The molecule has 1 aliphatic rings. The van der Waals surface area contributed by atoms with Crippen LogP contribution in [0.25, 0.3) is 0 Å². The highest BCUT2D eigenvalue weighted by Gasteiger charge is 2.46. The average Bonchev–Trinajstić information content (AvgIpc) is 2.28. The van der Waals surface area contributed by atoms with Crippen LogP contribution >= 0.6 is 0 Å². The van der Waals surface area contributed by atoms with Crippen molar-refractivity contribution in [2.45, 2.75) is 37.4 Å². The third-order valence-corrected chi connectivity index (χ3v) is 3.53. The Bertz CT molecular complexity index is 432. The standard InChI is InChI=1S/C12H14F4N2/c13-10-4-9(6-18-7-10)11(17)3-1-2-8(5-11)12(14,15)16/h4,6-8H,1-3,5,17H2. The monoisotopic (exact) mass is 262 g/mol. The zero-order chi connectivity index (χ0) is 13.4. The van der Waals surface area contributed by atoms with Gasteiger partial charge in [-0.25, -0.2) is 4.39 Å². The Morgan fingerprint density at radius 1 is 1.33 bits per heavy atom. The van der Waals surface area contributed by atoms with E-state index in [2.05, 4.69) is 4.98 Å². The second-order valence-electron chi connectivity index (χ2n) is 4.88. The van der Waals surface area contributed by atoms with Gasteiger partial charge in [-0.15, -0.1) is 0 Å². The van der Waals surface area contributed by atoms with Crippen LogP contribution < -0.4 is 5.73 Å². The van der Waals surface area contributed by atoms with E-state index in [-0.39, 0.29) is 12.8 Å². The molecule has 1 aromatic heterocycles. The summed E-state index contributed by atoms with van der Waals surface area (Å²) >= 11 is 0. The first-order valence-corrected chi connectivity index (χ1v) is 5.78. The maximum absolute atomic E-state index is 13.1. The van der Waals surface area contributed by atoms with Gasteiger partial charge in [0.2, 0.25) is 0 Å². The van der Waals surface area contributed by atoms with Crippen molar-refractivity contribution < 1.29 is 17.6 Å². The topological polar surface area (TPSA) is 38.9 Å². The van der Waals surface area contributed by atoms with Crippen molar-refractivity contribution in [2.75, 3.05) is 0 Å². The first-order valence-electron chi connectivity index (χ1n) is 5.78. The normalized spacial score (nSPS) is 29.3. The summed E-state index contributed by atoms with van der Waals surface area (Å²) in [6, 6.07) is 1.17. The molecular formula is C12H14F4N2. The number of rotatable bonds is 1. The molecule has 18 heavy (non-hydrogen) atoms. The molecule has 0 bridgehead atoms. The van der Waals surface area contributed by atoms with Gasteiger partial charge in [-0.05, 0) is 30.9 Å². The molecular weight excluding hydrogens is 248 g/mol. The summed E-state index contributed by atoms with van der Waals surface area (Å²) in [6.45, 7) is 0. The molecule has 1 saturated carbocycles. The molecule has 0 radical (unpaired) electrons. The van der Waals surface area contributed by atoms with E-state index in [0.29, 0.717) is 18.4 Å². The molecule has 0 amide bonds. The van der Waals surface area contributed by atoms with Gasteiger partial charge in [0.05, 0.1) is 12.1 Å². The lowest BCUT2D eigenvalue weighted by atomic mass is 9.73. The number of hydrogen-bond acceptors (Lipinski definition) is 2. The van der Waals surface area contributed by atoms with Crippen LogP contribution in [-0.2, 0) is 5.54 Å². The Kier molecular flexibility index (Phi) is 3.31. The minimum absolute atomic E-state index is 0.0885. The summed E-state index contributed by atoms with van der Waals surface area (Å²) in [6.07, 6.45) is -1.20. The largest absolute Gasteiger partial charge is 0.391 e. The fourth-order valence-electron chi connectivity index (χ4n) is 2.53. The number of hydrogen-bond donors (Lipinski definition) is 1. The highest BCUT2D eigenvalue weighted by Crippen LogP contribution is 2.44. The van der Waals surface area contributed by atoms with E-state index >= 15 is 0 Å². The number of pyridine rings is 1. The third-order valence-electron chi connectivity index (χ3n) is 3.53. The van der Waals surface area contributed by atoms with Crippen molar-refractivity contribution >= 4 is 0 Å². The highest BCUT2D eigenvalue weighted by atomic mass is 19.4. The van der Waals surface area contributed by atoms with Crippen LogP contribution in [0.2, 0.25) is 0 Å². The van der Waals surface area contributed by atoms with E-state index in [9.17, 15) is 17.6 Å². The number of nitrogens with zero attached hydrogens (tertiary/aromatic N) is 1. The SMILES string of the molecule is NC1(c2cncc(F)c2)CCCC(C(F)(F)F)C1. The molecule has 6 heteroatoms. The second kappa shape index (κ2) is 4.50. The molecule has 0 saturated heterocycles. The Morgan fingerprint density at radius 3 is 2.67 bits per heavy atom. The van der Waals surface area contributed by atoms with E-state index in [0.717, 1.165) is 6.20 Å². The molecule has 1 aliphatic carbocycles. The van der Waals surface area contributed by atoms with Crippen molar-refractivity contribution in [3.63, 3.8) is 0 Å². The summed E-state index contributed by atoms with van der Waals surface area (Å²) in [4.78, 5) is 3.66. The Labute approximate surface area is 102 Å². The van der Waals surface area contributed by atoms with E-state index in [1.807, 2.05) is 0 Å². The molecule has 0 aliphatic heterocycles. The van der Waals surface area contributed by atoms with Gasteiger partial charge in [0, 0.05) is 11.7 Å². The van der Waals surface area contributed by atoms with Gasteiger partial charge in [0.15, 0.2) is 0 Å². The fraction of sp³-hybridized carbons (Fsp3) is 0.583. The zero-order valence-electron chi connectivity index (χ0n) is 9.67. The summed E-state index contributed by atoms with van der Waals surface area (Å²) < 4.78 is 51.3. The minimum Gasteiger partial charge on any atom is -0.321 e. The van der Waals surface area contributed by atoms with Crippen LogP contribution in [0.15, 0.2) is 18.5 Å². The van der Waals surface area contributed by atoms with Crippen LogP contribution in [0, 0.1) is 11.7 Å². The van der Waals surface area contributed by atoms with Crippen molar-refractivity contribution in [1.29, 1.82) is 0 Å². The fourth-order valence-corrected chi connectivity index (χ4v) is 2.53. The number of alkyl halides is 3. The molecule has 2 unspecified atom stereocenters. The molecule has 2 atom stereocenters. The number of halogens is 4. The summed E-state index contributed by atoms with van der Waals surface area (Å²) in [7, 11) is 0. The quantitative estimate of drug-likeness (QED) is 0.790. The van der Waals surface area contributed by atoms with Crippen LogP contribution in [-0.4, -0.2) is 11.2 Å². The lowest BCUT2D eigenvalue weighted by Crippen LogP contribution is -2.45. The lowest BCUT2D eigenvalue weighted by Gasteiger charge is -2.38. The Balaban J connectivity index is 2.25. The smallest absolute Gasteiger partial charge is 0.321 e. The molecule has 1 heterocycles. The lowest BCUT2D eigenvalue weighted by molar-refractivity contribution is -0.187. The molecule has 100 valence electrons. The molecule has 0 spiro atoms. The van der Waals surface area contributed by atoms with Gasteiger partial charge >= 0.3 is 6.18 Å². The van der Waals surface area contributed by atoms with Crippen molar-refractivity contribution in [3.8, 4) is 0 Å². The number of nitrogens with two attached hydrogens (primary N) is 1. The highest BCUT2D eigenvalue weighted by molar-refractivity contribution is 5.22. The maximum atomic E-state index is 13.1. The molecule has 2 N–H and O–H groups in total. The van der Waals surface area contributed by atoms with Crippen molar-refractivity contribution in [2.24, 2.45) is 11.7 Å². The van der Waals surface area contributed by atoms with Gasteiger partial charge < -0.3 is 5.73 Å². The Hall–Kier alpha value is -1.17. The maximum Gasteiger partial charge on any atom is 0.391 e. The van der Waals surface area contributed by atoms with E-state index in [1.54, 1.807) is 0 Å². The van der Waals surface area contributed by atoms with Crippen LogP contribution in [0.1, 0.15) is 31.2 Å². The van der Waals surface area contributed by atoms with Crippen LogP contribution in [0.5, 0.6) is 0 Å². The van der Waals surface area contributed by atoms with Gasteiger partial charge in [0.25, 0.3) is 0 Å². The first kappa shape index (κ1) is 13.3. The van der Waals surface area contributed by atoms with Gasteiger partial charge in [-0.3, -0.25) is 4.98 Å². The van der Waals surface area contributed by atoms with Crippen LogP contribution in [0.3, 0.4) is 0 Å². The summed E-state index contributed by atoms with van der Waals surface area (Å²) in [5.74, 6) is -1.99. The molecule has 2 rings (SSSR count). The number of aromatic nitrogens is 1. The van der Waals surface area contributed by atoms with E-state index in [1.165, 1.54) is 12.3 Å². The third kappa shape index (κ3) is 2.63. The predicted octanol–water partition coefficient (Wildman–Crippen LogP) is 3.13. The minimum atomic E-state index is -4.24. The van der Waals surface area contributed by atoms with E-state index < -0.39 is 23.5 Å². The second-order valence-corrected chi connectivity index (χ2v) is 4.88. The average molecular weight is 262 g/mol. The molecule has 1 fully saturated rings. The van der Waals surface area contributed by atoms with Crippen LogP contribution in [0.4, 0.5) is 17.6 Å². The van der Waals surface area contributed by atoms with E-state index in [4.69, 9.17) is 5.73 Å². The predicted molar refractivity (Wildman–Crippen MR) is 58.1 cm³/mol. The first-order chi connectivity index (χ1) is 8.31.